The first-order valence-electron chi connectivity index (χ1n) is 9.50. The van der Waals surface area contributed by atoms with E-state index in [1.807, 2.05) is 0 Å². The minimum Gasteiger partial charge on any atom is -0.481 e. The van der Waals surface area contributed by atoms with Crippen molar-refractivity contribution in [2.24, 2.45) is 11.5 Å². The van der Waals surface area contributed by atoms with Gasteiger partial charge >= 0.3 is 17.9 Å². The molecule has 0 aromatic rings. The molecule has 0 aromatic carbocycles. The summed E-state index contributed by atoms with van der Waals surface area (Å²) in [6.07, 6.45) is -2.24. The number of nitrogens with two attached hydrogens (primary N) is 2. The van der Waals surface area contributed by atoms with E-state index in [-0.39, 0.29) is 25.0 Å². The van der Waals surface area contributed by atoms with E-state index in [1.54, 1.807) is 0 Å². The number of carbonyl (C=O) groups excluding carboxylic acids is 4. The van der Waals surface area contributed by atoms with E-state index in [4.69, 9.17) is 26.8 Å². The molecule has 0 aliphatic rings. The maximum absolute atomic E-state index is 12.5. The first-order valence-corrected chi connectivity index (χ1v) is 10.1. The van der Waals surface area contributed by atoms with Crippen LogP contribution in [0.2, 0.25) is 0 Å². The third-order valence-corrected chi connectivity index (χ3v) is 4.49. The summed E-state index contributed by atoms with van der Waals surface area (Å²) in [5, 5.41) is 33.1. The molecule has 0 aliphatic heterocycles. The molecule has 33 heavy (non-hydrogen) atoms. The number of carboxylic acid groups (broad SMARTS) is 3. The van der Waals surface area contributed by atoms with E-state index in [0.29, 0.717) is 0 Å². The van der Waals surface area contributed by atoms with E-state index in [2.05, 4.69) is 28.6 Å². The minimum absolute atomic E-state index is 0.272. The number of nitrogens with one attached hydrogen (secondary N) is 3. The summed E-state index contributed by atoms with van der Waals surface area (Å²) < 4.78 is 0. The van der Waals surface area contributed by atoms with Crippen LogP contribution in [0.5, 0.6) is 0 Å². The van der Waals surface area contributed by atoms with Gasteiger partial charge in [0.25, 0.3) is 0 Å². The number of hydrogen-bond donors (Lipinski definition) is 9. The summed E-state index contributed by atoms with van der Waals surface area (Å²) in [5.41, 5.74) is 10.5. The van der Waals surface area contributed by atoms with Gasteiger partial charge in [-0.3, -0.25) is 28.8 Å². The second-order valence-electron chi connectivity index (χ2n) is 6.85. The van der Waals surface area contributed by atoms with E-state index in [1.165, 1.54) is 0 Å². The van der Waals surface area contributed by atoms with Crippen LogP contribution in [0, 0.1) is 0 Å². The van der Waals surface area contributed by atoms with Crippen molar-refractivity contribution >= 4 is 54.2 Å². The van der Waals surface area contributed by atoms with Crippen molar-refractivity contribution in [3.05, 3.63) is 0 Å². The van der Waals surface area contributed by atoms with Gasteiger partial charge in [0.1, 0.15) is 18.1 Å². The number of carbonyl (C=O) groups is 7. The molecule has 16 heteroatoms. The van der Waals surface area contributed by atoms with Gasteiger partial charge in [-0.05, 0) is 12.8 Å². The molecular formula is C17H27N5O10S. The second kappa shape index (κ2) is 14.6. The quantitative estimate of drug-likeness (QED) is 0.0947. The van der Waals surface area contributed by atoms with Crippen LogP contribution in [0.4, 0.5) is 0 Å². The molecule has 4 amide bonds. The highest BCUT2D eigenvalue weighted by Gasteiger charge is 2.31. The molecule has 0 saturated heterocycles. The smallest absolute Gasteiger partial charge is 0.326 e. The monoisotopic (exact) mass is 493 g/mol. The van der Waals surface area contributed by atoms with Crippen molar-refractivity contribution in [1.82, 2.24) is 16.0 Å². The highest BCUT2D eigenvalue weighted by Crippen LogP contribution is 2.02. The zero-order chi connectivity index (χ0) is 25.7. The van der Waals surface area contributed by atoms with Crippen molar-refractivity contribution in [2.45, 2.75) is 56.3 Å². The highest BCUT2D eigenvalue weighted by atomic mass is 32.1. The van der Waals surface area contributed by atoms with Crippen LogP contribution in [-0.4, -0.2) is 86.8 Å². The Balaban J connectivity index is 5.24. The Morgan fingerprint density at radius 2 is 1.24 bits per heavy atom. The van der Waals surface area contributed by atoms with Crippen molar-refractivity contribution in [1.29, 1.82) is 0 Å². The number of amides is 4. The van der Waals surface area contributed by atoms with Crippen LogP contribution in [0.15, 0.2) is 0 Å². The summed E-state index contributed by atoms with van der Waals surface area (Å²) in [4.78, 5) is 80.7. The Bertz CT molecular complexity index is 777. The summed E-state index contributed by atoms with van der Waals surface area (Å²) in [5.74, 6) is -8.34. The van der Waals surface area contributed by atoms with Crippen LogP contribution < -0.4 is 27.4 Å². The zero-order valence-corrected chi connectivity index (χ0v) is 18.2. The molecule has 0 fully saturated rings. The van der Waals surface area contributed by atoms with E-state index < -0.39 is 78.5 Å². The minimum atomic E-state index is -1.67. The summed E-state index contributed by atoms with van der Waals surface area (Å²) in [7, 11) is 0. The molecule has 0 aromatic heterocycles. The van der Waals surface area contributed by atoms with Crippen LogP contribution in [-0.2, 0) is 33.6 Å². The lowest BCUT2D eigenvalue weighted by molar-refractivity contribution is -0.143. The Hall–Kier alpha value is -3.40. The number of aliphatic carboxylic acids is 3. The fraction of sp³-hybridized carbons (Fsp3) is 0.588. The lowest BCUT2D eigenvalue weighted by Gasteiger charge is -2.23. The molecule has 186 valence electrons. The molecule has 4 unspecified atom stereocenters. The highest BCUT2D eigenvalue weighted by molar-refractivity contribution is 7.80. The fourth-order valence-corrected chi connectivity index (χ4v) is 2.61. The fourth-order valence-electron chi connectivity index (χ4n) is 2.36. The Labute approximate surface area is 193 Å². The van der Waals surface area contributed by atoms with Crippen LogP contribution in [0.25, 0.3) is 0 Å². The van der Waals surface area contributed by atoms with Gasteiger partial charge < -0.3 is 42.7 Å². The van der Waals surface area contributed by atoms with Gasteiger partial charge in [0.2, 0.25) is 23.6 Å². The Morgan fingerprint density at radius 1 is 0.727 bits per heavy atom. The largest absolute Gasteiger partial charge is 0.481 e. The predicted molar refractivity (Wildman–Crippen MR) is 113 cm³/mol. The normalized spacial score (nSPS) is 14.1. The van der Waals surface area contributed by atoms with Gasteiger partial charge in [-0.1, -0.05) is 0 Å². The van der Waals surface area contributed by atoms with E-state index >= 15 is 0 Å². The van der Waals surface area contributed by atoms with E-state index in [0.717, 1.165) is 0 Å². The number of hydrogen-bond acceptors (Lipinski definition) is 9. The standard InChI is InChI=1S/C17H27N5O10S/c18-7(1-4-12(24)25)14(28)21-9(5-13(26)27)15(29)22-10(6-33)16(30)20-8(17(31)32)2-3-11(19)23/h7-10,33H,1-6,18H2,(H2,19,23)(H,20,30)(H,21,28)(H,22,29)(H,24,25)(H,26,27)(H,31,32). The Morgan fingerprint density at radius 3 is 1.70 bits per heavy atom. The molecular weight excluding hydrogens is 466 g/mol. The van der Waals surface area contributed by atoms with Crippen LogP contribution >= 0.6 is 12.6 Å². The van der Waals surface area contributed by atoms with Crippen LogP contribution in [0.1, 0.15) is 32.1 Å². The first-order chi connectivity index (χ1) is 15.3. The average molecular weight is 493 g/mol. The van der Waals surface area contributed by atoms with Gasteiger partial charge in [-0.2, -0.15) is 12.6 Å². The van der Waals surface area contributed by atoms with Gasteiger partial charge in [-0.25, -0.2) is 4.79 Å². The van der Waals surface area contributed by atoms with E-state index in [9.17, 15) is 33.6 Å². The van der Waals surface area contributed by atoms with Crippen molar-refractivity contribution in [3.8, 4) is 0 Å². The maximum Gasteiger partial charge on any atom is 0.326 e. The molecule has 15 nitrogen and oxygen atoms in total. The Kier molecular flexibility index (Phi) is 13.1. The van der Waals surface area contributed by atoms with Crippen LogP contribution in [0.3, 0.4) is 0 Å². The first kappa shape index (κ1) is 29.6. The molecule has 0 bridgehead atoms. The number of carboxylic acids is 3. The SMILES string of the molecule is NC(=O)CCC(NC(=O)C(CS)NC(=O)C(CC(=O)O)NC(=O)C(N)CCC(=O)O)C(=O)O. The number of primary amides is 1. The zero-order valence-electron chi connectivity index (χ0n) is 17.4. The summed E-state index contributed by atoms with van der Waals surface area (Å²) in [6, 6.07) is -5.93. The lowest BCUT2D eigenvalue weighted by Crippen LogP contribution is -2.58. The molecule has 4 atom stereocenters. The molecule has 0 aliphatic carbocycles. The predicted octanol–water partition coefficient (Wildman–Crippen LogP) is -3.61. The molecule has 0 saturated carbocycles. The topological polar surface area (TPSA) is 268 Å². The van der Waals surface area contributed by atoms with Gasteiger partial charge in [0, 0.05) is 18.6 Å². The molecule has 0 rings (SSSR count). The second-order valence-corrected chi connectivity index (χ2v) is 7.21. The molecule has 10 N–H and O–H groups in total. The van der Waals surface area contributed by atoms with Crippen molar-refractivity contribution in [2.75, 3.05) is 5.75 Å². The average Bonchev–Trinajstić information content (AvgIpc) is 2.71. The molecule has 0 radical (unpaired) electrons. The molecule has 0 spiro atoms. The summed E-state index contributed by atoms with van der Waals surface area (Å²) in [6.45, 7) is 0. The van der Waals surface area contributed by atoms with Gasteiger partial charge in [0.15, 0.2) is 0 Å². The number of rotatable bonds is 16. The molecule has 0 heterocycles. The third-order valence-electron chi connectivity index (χ3n) is 4.13. The number of thiol groups is 1. The van der Waals surface area contributed by atoms with Gasteiger partial charge in [-0.15, -0.1) is 0 Å². The van der Waals surface area contributed by atoms with Crippen molar-refractivity contribution < 1.29 is 48.9 Å². The maximum atomic E-state index is 12.5. The lowest BCUT2D eigenvalue weighted by atomic mass is 10.1. The van der Waals surface area contributed by atoms with Gasteiger partial charge in [0.05, 0.1) is 12.5 Å². The van der Waals surface area contributed by atoms with Crippen molar-refractivity contribution in [3.63, 3.8) is 0 Å². The third kappa shape index (κ3) is 12.3. The summed E-state index contributed by atoms with van der Waals surface area (Å²) >= 11 is 3.90.